The number of carbonyl (C=O) groups is 1. The molecule has 0 radical (unpaired) electrons. The third-order valence-corrected chi connectivity index (χ3v) is 5.31. The largest absolute Gasteiger partial charge is 0.323 e. The van der Waals surface area contributed by atoms with Gasteiger partial charge in [-0.05, 0) is 42.3 Å². The summed E-state index contributed by atoms with van der Waals surface area (Å²) >= 11 is 1.73. The van der Waals surface area contributed by atoms with Crippen molar-refractivity contribution in [3.8, 4) is 11.4 Å². The van der Waals surface area contributed by atoms with Crippen molar-refractivity contribution in [2.75, 3.05) is 11.1 Å². The summed E-state index contributed by atoms with van der Waals surface area (Å²) < 4.78 is 2.01. The molecule has 0 unspecified atom stereocenters. The second kappa shape index (κ2) is 9.90. The van der Waals surface area contributed by atoms with Gasteiger partial charge in [0, 0.05) is 30.1 Å². The number of amides is 1. The second-order valence-electron chi connectivity index (χ2n) is 6.38. The summed E-state index contributed by atoms with van der Waals surface area (Å²) in [7, 11) is 1.98. The summed E-state index contributed by atoms with van der Waals surface area (Å²) in [4.78, 5) is 12.1. The minimum absolute atomic E-state index is 0.162. The van der Waals surface area contributed by atoms with Gasteiger partial charge in [-0.1, -0.05) is 55.4 Å². The van der Waals surface area contributed by atoms with Crippen molar-refractivity contribution in [3.63, 3.8) is 0 Å². The maximum atomic E-state index is 12.1. The lowest BCUT2D eigenvalue weighted by atomic mass is 10.2. The standard InChI is InChI=1S/C22H24N4OS/c1-3-4-16-28-22-25-24-21(26(22)2)18-11-13-19(14-12-18)23-20(27)15-10-17-8-6-5-7-9-17/h5-15H,3-4,16H2,1-2H3,(H,23,27)/b15-10-. The van der Waals surface area contributed by atoms with Crippen LogP contribution in [-0.4, -0.2) is 26.4 Å². The molecule has 1 heterocycles. The normalized spacial score (nSPS) is 11.1. The topological polar surface area (TPSA) is 59.8 Å². The lowest BCUT2D eigenvalue weighted by Crippen LogP contribution is -2.07. The van der Waals surface area contributed by atoms with Gasteiger partial charge in [-0.25, -0.2) is 0 Å². The van der Waals surface area contributed by atoms with Gasteiger partial charge in [-0.15, -0.1) is 10.2 Å². The van der Waals surface area contributed by atoms with Gasteiger partial charge < -0.3 is 9.88 Å². The Labute approximate surface area is 169 Å². The van der Waals surface area contributed by atoms with Gasteiger partial charge >= 0.3 is 0 Å². The number of benzene rings is 2. The Hall–Kier alpha value is -2.86. The number of aromatic nitrogens is 3. The molecule has 2 aromatic carbocycles. The van der Waals surface area contributed by atoms with E-state index in [1.165, 1.54) is 18.9 Å². The average molecular weight is 393 g/mol. The van der Waals surface area contributed by atoms with Crippen LogP contribution >= 0.6 is 11.8 Å². The molecule has 0 aliphatic rings. The highest BCUT2D eigenvalue weighted by Gasteiger charge is 2.11. The SMILES string of the molecule is CCCCSc1nnc(-c2ccc(NC(=O)/C=C\c3ccccc3)cc2)n1C. The van der Waals surface area contributed by atoms with Crippen LogP contribution < -0.4 is 5.32 Å². The van der Waals surface area contributed by atoms with E-state index in [0.717, 1.165) is 33.5 Å². The molecule has 1 N–H and O–H groups in total. The summed E-state index contributed by atoms with van der Waals surface area (Å²) in [6.45, 7) is 2.18. The highest BCUT2D eigenvalue weighted by atomic mass is 32.2. The van der Waals surface area contributed by atoms with E-state index in [4.69, 9.17) is 0 Å². The molecule has 0 atom stereocenters. The Bertz CT molecular complexity index is 933. The van der Waals surface area contributed by atoms with E-state index in [-0.39, 0.29) is 5.91 Å². The molecule has 0 bridgehead atoms. The maximum Gasteiger partial charge on any atom is 0.248 e. The summed E-state index contributed by atoms with van der Waals surface area (Å²) in [5, 5.41) is 12.4. The van der Waals surface area contributed by atoms with Crippen LogP contribution in [0.5, 0.6) is 0 Å². The van der Waals surface area contributed by atoms with E-state index in [1.807, 2.05) is 66.2 Å². The fourth-order valence-corrected chi connectivity index (χ4v) is 3.62. The van der Waals surface area contributed by atoms with E-state index in [0.29, 0.717) is 0 Å². The predicted octanol–water partition coefficient (Wildman–Crippen LogP) is 5.03. The number of thioether (sulfide) groups is 1. The molecular formula is C22H24N4OS. The summed E-state index contributed by atoms with van der Waals surface area (Å²) in [6.07, 6.45) is 5.66. The lowest BCUT2D eigenvalue weighted by molar-refractivity contribution is -0.111. The van der Waals surface area contributed by atoms with Gasteiger partial charge in [0.15, 0.2) is 11.0 Å². The number of nitrogens with one attached hydrogen (secondary N) is 1. The van der Waals surface area contributed by atoms with Gasteiger partial charge in [-0.2, -0.15) is 0 Å². The molecule has 28 heavy (non-hydrogen) atoms. The van der Waals surface area contributed by atoms with Crippen molar-refractivity contribution in [2.45, 2.75) is 24.9 Å². The van der Waals surface area contributed by atoms with Gasteiger partial charge in [-0.3, -0.25) is 4.79 Å². The van der Waals surface area contributed by atoms with Crippen LogP contribution in [0.15, 0.2) is 65.8 Å². The van der Waals surface area contributed by atoms with E-state index >= 15 is 0 Å². The van der Waals surface area contributed by atoms with Gasteiger partial charge in [0.05, 0.1) is 0 Å². The first-order valence-corrected chi connectivity index (χ1v) is 10.3. The van der Waals surface area contributed by atoms with E-state index in [9.17, 15) is 4.79 Å². The molecule has 1 amide bonds. The van der Waals surface area contributed by atoms with Crippen LogP contribution in [0.3, 0.4) is 0 Å². The zero-order valence-electron chi connectivity index (χ0n) is 16.1. The van der Waals surface area contributed by atoms with Crippen LogP contribution in [-0.2, 0) is 11.8 Å². The third kappa shape index (κ3) is 5.33. The number of nitrogens with zero attached hydrogens (tertiary/aromatic N) is 3. The highest BCUT2D eigenvalue weighted by molar-refractivity contribution is 7.99. The summed E-state index contributed by atoms with van der Waals surface area (Å²) in [5.41, 5.74) is 2.70. The van der Waals surface area contributed by atoms with Crippen molar-refractivity contribution in [2.24, 2.45) is 7.05 Å². The van der Waals surface area contributed by atoms with Crippen molar-refractivity contribution in [1.82, 2.24) is 14.8 Å². The molecule has 5 nitrogen and oxygen atoms in total. The Morgan fingerprint density at radius 3 is 2.57 bits per heavy atom. The minimum atomic E-state index is -0.162. The Morgan fingerprint density at radius 1 is 1.11 bits per heavy atom. The number of hydrogen-bond donors (Lipinski definition) is 1. The lowest BCUT2D eigenvalue weighted by Gasteiger charge is -2.06. The zero-order chi connectivity index (χ0) is 19.8. The third-order valence-electron chi connectivity index (χ3n) is 4.20. The maximum absolute atomic E-state index is 12.1. The monoisotopic (exact) mass is 392 g/mol. The second-order valence-corrected chi connectivity index (χ2v) is 7.44. The summed E-state index contributed by atoms with van der Waals surface area (Å²) in [6, 6.07) is 17.4. The fraction of sp³-hybridized carbons (Fsp3) is 0.227. The first kappa shape index (κ1) is 19.9. The van der Waals surface area contributed by atoms with Crippen LogP contribution in [0, 0.1) is 0 Å². The number of carbonyl (C=O) groups excluding carboxylic acids is 1. The molecule has 3 aromatic rings. The quantitative estimate of drug-likeness (QED) is 0.332. The number of hydrogen-bond acceptors (Lipinski definition) is 4. The van der Waals surface area contributed by atoms with Crippen LogP contribution in [0.1, 0.15) is 25.3 Å². The number of anilines is 1. The van der Waals surface area contributed by atoms with Crippen molar-refractivity contribution < 1.29 is 4.79 Å². The molecular weight excluding hydrogens is 368 g/mol. The first-order chi connectivity index (χ1) is 13.7. The van der Waals surface area contributed by atoms with Gasteiger partial charge in [0.2, 0.25) is 5.91 Å². The van der Waals surface area contributed by atoms with Crippen molar-refractivity contribution in [3.05, 3.63) is 66.2 Å². The Balaban J connectivity index is 1.62. The smallest absolute Gasteiger partial charge is 0.248 e. The molecule has 1 aromatic heterocycles. The average Bonchev–Trinajstić information content (AvgIpc) is 3.08. The minimum Gasteiger partial charge on any atom is -0.323 e. The molecule has 0 aliphatic carbocycles. The van der Waals surface area contributed by atoms with E-state index in [2.05, 4.69) is 22.4 Å². The van der Waals surface area contributed by atoms with Gasteiger partial charge in [0.1, 0.15) is 0 Å². The van der Waals surface area contributed by atoms with E-state index < -0.39 is 0 Å². The van der Waals surface area contributed by atoms with Crippen LogP contribution in [0.25, 0.3) is 17.5 Å². The number of unbranched alkanes of at least 4 members (excludes halogenated alkanes) is 1. The van der Waals surface area contributed by atoms with Gasteiger partial charge in [0.25, 0.3) is 0 Å². The fourth-order valence-electron chi connectivity index (χ4n) is 2.62. The van der Waals surface area contributed by atoms with E-state index in [1.54, 1.807) is 17.8 Å². The van der Waals surface area contributed by atoms with Crippen molar-refractivity contribution >= 4 is 29.4 Å². The first-order valence-electron chi connectivity index (χ1n) is 9.34. The molecule has 0 saturated carbocycles. The van der Waals surface area contributed by atoms with Crippen LogP contribution in [0.2, 0.25) is 0 Å². The molecule has 0 saturated heterocycles. The molecule has 0 aliphatic heterocycles. The Kier molecular flexibility index (Phi) is 7.03. The number of rotatable bonds is 8. The van der Waals surface area contributed by atoms with Crippen molar-refractivity contribution in [1.29, 1.82) is 0 Å². The molecule has 6 heteroatoms. The zero-order valence-corrected chi connectivity index (χ0v) is 16.9. The highest BCUT2D eigenvalue weighted by Crippen LogP contribution is 2.24. The Morgan fingerprint density at radius 2 is 1.86 bits per heavy atom. The molecule has 3 rings (SSSR count). The molecule has 0 fully saturated rings. The summed E-state index contributed by atoms with van der Waals surface area (Å²) in [5.74, 6) is 1.70. The van der Waals surface area contributed by atoms with Crippen LogP contribution in [0.4, 0.5) is 5.69 Å². The molecule has 144 valence electrons. The molecule has 0 spiro atoms. The predicted molar refractivity (Wildman–Crippen MR) is 116 cm³/mol.